The van der Waals surface area contributed by atoms with Crippen LogP contribution in [0.2, 0.25) is 0 Å². The number of carbonyl (C=O) groups is 2. The van der Waals surface area contributed by atoms with Crippen LogP contribution in [0.4, 0.5) is 0 Å². The number of aromatic nitrogens is 1. The molecule has 1 saturated heterocycles. The number of nitrogens with one attached hydrogen (secondary N) is 1. The average molecular weight is 416 g/mol. The molecule has 0 spiro atoms. The van der Waals surface area contributed by atoms with Gasteiger partial charge in [0.25, 0.3) is 5.91 Å². The summed E-state index contributed by atoms with van der Waals surface area (Å²) in [5.41, 5.74) is 1.89. The SMILES string of the molecule is CC(C)(NC(=O)c1ccccc1)C(=O)N1CCC[C@H](Cc2cccc3ncccc23)C1. The molecule has 1 N–H and O–H groups in total. The van der Waals surface area contributed by atoms with Crippen LogP contribution < -0.4 is 5.32 Å². The molecule has 1 fully saturated rings. The second kappa shape index (κ2) is 8.88. The average Bonchev–Trinajstić information content (AvgIpc) is 2.79. The van der Waals surface area contributed by atoms with Gasteiger partial charge in [-0.25, -0.2) is 0 Å². The Morgan fingerprint density at radius 1 is 1.06 bits per heavy atom. The number of carbonyl (C=O) groups excluding carboxylic acids is 2. The zero-order chi connectivity index (χ0) is 21.8. The van der Waals surface area contributed by atoms with Crippen molar-refractivity contribution in [2.45, 2.75) is 38.6 Å². The second-order valence-electron chi connectivity index (χ2n) is 8.90. The van der Waals surface area contributed by atoms with Crippen LogP contribution >= 0.6 is 0 Å². The summed E-state index contributed by atoms with van der Waals surface area (Å²) in [6.45, 7) is 5.02. The van der Waals surface area contributed by atoms with Crippen molar-refractivity contribution in [1.82, 2.24) is 15.2 Å². The molecule has 5 heteroatoms. The van der Waals surface area contributed by atoms with E-state index >= 15 is 0 Å². The Labute approximate surface area is 183 Å². The van der Waals surface area contributed by atoms with Crippen LogP contribution in [0.1, 0.15) is 42.6 Å². The van der Waals surface area contributed by atoms with Crippen LogP contribution in [0.5, 0.6) is 0 Å². The number of benzene rings is 2. The maximum Gasteiger partial charge on any atom is 0.252 e. The Kier molecular flexibility index (Phi) is 6.03. The van der Waals surface area contributed by atoms with Crippen molar-refractivity contribution in [3.63, 3.8) is 0 Å². The van der Waals surface area contributed by atoms with Crippen LogP contribution in [-0.2, 0) is 11.2 Å². The van der Waals surface area contributed by atoms with Gasteiger partial charge in [0.05, 0.1) is 5.52 Å². The first-order chi connectivity index (χ1) is 14.9. The lowest BCUT2D eigenvalue weighted by atomic mass is 9.88. The minimum Gasteiger partial charge on any atom is -0.340 e. The predicted molar refractivity (Wildman–Crippen MR) is 123 cm³/mol. The maximum atomic E-state index is 13.3. The van der Waals surface area contributed by atoms with Gasteiger partial charge in [0.15, 0.2) is 0 Å². The molecule has 1 atom stereocenters. The fourth-order valence-electron chi connectivity index (χ4n) is 4.47. The summed E-state index contributed by atoms with van der Waals surface area (Å²) in [4.78, 5) is 32.3. The molecular weight excluding hydrogens is 386 g/mol. The third-order valence-electron chi connectivity index (χ3n) is 6.05. The lowest BCUT2D eigenvalue weighted by Gasteiger charge is -2.38. The third kappa shape index (κ3) is 4.76. The molecule has 1 aliphatic rings. The highest BCUT2D eigenvalue weighted by Crippen LogP contribution is 2.26. The first-order valence-corrected chi connectivity index (χ1v) is 10.9. The van der Waals surface area contributed by atoms with Gasteiger partial charge in [0.1, 0.15) is 5.54 Å². The fourth-order valence-corrected chi connectivity index (χ4v) is 4.47. The molecular formula is C26H29N3O2. The molecule has 0 radical (unpaired) electrons. The Morgan fingerprint density at radius 3 is 2.68 bits per heavy atom. The minimum absolute atomic E-state index is 0.0268. The van der Waals surface area contributed by atoms with Crippen LogP contribution in [0.15, 0.2) is 66.9 Å². The van der Waals surface area contributed by atoms with Crippen molar-refractivity contribution in [2.75, 3.05) is 13.1 Å². The van der Waals surface area contributed by atoms with Crippen molar-refractivity contribution < 1.29 is 9.59 Å². The van der Waals surface area contributed by atoms with Crippen LogP contribution in [0, 0.1) is 5.92 Å². The zero-order valence-corrected chi connectivity index (χ0v) is 18.2. The van der Waals surface area contributed by atoms with E-state index in [1.165, 1.54) is 10.9 Å². The number of fused-ring (bicyclic) bond motifs is 1. The standard InChI is InChI=1S/C26H29N3O2/c1-26(2,28-24(30)20-10-4-3-5-11-20)25(31)29-16-8-9-19(18-29)17-21-12-6-14-23-22(21)13-7-15-27-23/h3-7,10-15,19H,8-9,16-18H2,1-2H3,(H,28,30)/t19-/m1/s1. The molecule has 2 heterocycles. The van der Waals surface area contributed by atoms with Crippen LogP contribution in [0.25, 0.3) is 10.9 Å². The highest BCUT2D eigenvalue weighted by atomic mass is 16.2. The maximum absolute atomic E-state index is 13.3. The van der Waals surface area contributed by atoms with Crippen molar-refractivity contribution in [3.8, 4) is 0 Å². The number of hydrogen-bond acceptors (Lipinski definition) is 3. The van der Waals surface area contributed by atoms with Gasteiger partial charge in [-0.3, -0.25) is 14.6 Å². The molecule has 160 valence electrons. The Bertz CT molecular complexity index is 1070. The molecule has 31 heavy (non-hydrogen) atoms. The normalized spacial score (nSPS) is 16.8. The second-order valence-corrected chi connectivity index (χ2v) is 8.90. The number of hydrogen-bond donors (Lipinski definition) is 1. The Morgan fingerprint density at radius 2 is 1.87 bits per heavy atom. The molecule has 1 aromatic heterocycles. The van der Waals surface area contributed by atoms with Gasteiger partial charge in [-0.05, 0) is 68.9 Å². The van der Waals surface area contributed by atoms with E-state index in [4.69, 9.17) is 0 Å². The number of likely N-dealkylation sites (tertiary alicyclic amines) is 1. The van der Waals surface area contributed by atoms with E-state index in [2.05, 4.69) is 28.5 Å². The van der Waals surface area contributed by atoms with E-state index in [1.807, 2.05) is 41.4 Å². The molecule has 0 bridgehead atoms. The van der Waals surface area contributed by atoms with Crippen LogP contribution in [0.3, 0.4) is 0 Å². The molecule has 0 unspecified atom stereocenters. The minimum atomic E-state index is -0.960. The highest BCUT2D eigenvalue weighted by molar-refractivity contribution is 5.98. The van der Waals surface area contributed by atoms with Crippen molar-refractivity contribution in [3.05, 3.63) is 78.0 Å². The summed E-state index contributed by atoms with van der Waals surface area (Å²) in [5.74, 6) is 0.140. The molecule has 0 aliphatic carbocycles. The smallest absolute Gasteiger partial charge is 0.252 e. The highest BCUT2D eigenvalue weighted by Gasteiger charge is 2.36. The lowest BCUT2D eigenvalue weighted by molar-refractivity contribution is -0.138. The number of rotatable bonds is 5. The third-order valence-corrected chi connectivity index (χ3v) is 6.05. The summed E-state index contributed by atoms with van der Waals surface area (Å²) in [5, 5.41) is 4.10. The molecule has 5 nitrogen and oxygen atoms in total. The van der Waals surface area contributed by atoms with E-state index < -0.39 is 5.54 Å². The number of piperidine rings is 1. The molecule has 1 aliphatic heterocycles. The molecule has 2 amide bonds. The van der Waals surface area contributed by atoms with Crippen LogP contribution in [-0.4, -0.2) is 40.3 Å². The van der Waals surface area contributed by atoms with Gasteiger partial charge in [-0.2, -0.15) is 0 Å². The van der Waals surface area contributed by atoms with Gasteiger partial charge < -0.3 is 10.2 Å². The molecule has 4 rings (SSSR count). The van der Waals surface area contributed by atoms with E-state index in [-0.39, 0.29) is 11.8 Å². The largest absolute Gasteiger partial charge is 0.340 e. The predicted octanol–water partition coefficient (Wildman–Crippen LogP) is 4.22. The monoisotopic (exact) mass is 415 g/mol. The molecule has 3 aromatic rings. The number of nitrogens with zero attached hydrogens (tertiary/aromatic N) is 2. The van der Waals surface area contributed by atoms with Crippen molar-refractivity contribution >= 4 is 22.7 Å². The number of pyridine rings is 1. The van der Waals surface area contributed by atoms with Gasteiger partial charge in [-0.1, -0.05) is 36.4 Å². The van der Waals surface area contributed by atoms with E-state index in [1.54, 1.807) is 26.0 Å². The summed E-state index contributed by atoms with van der Waals surface area (Å²) < 4.78 is 0. The molecule has 2 aromatic carbocycles. The van der Waals surface area contributed by atoms with Gasteiger partial charge in [0.2, 0.25) is 5.91 Å². The zero-order valence-electron chi connectivity index (χ0n) is 18.2. The molecule has 0 saturated carbocycles. The number of amides is 2. The van der Waals surface area contributed by atoms with Crippen molar-refractivity contribution in [2.24, 2.45) is 5.92 Å². The van der Waals surface area contributed by atoms with Gasteiger partial charge in [0, 0.05) is 30.2 Å². The summed E-state index contributed by atoms with van der Waals surface area (Å²) >= 11 is 0. The lowest BCUT2D eigenvalue weighted by Crippen LogP contribution is -2.57. The first kappa shape index (κ1) is 21.0. The van der Waals surface area contributed by atoms with E-state index in [0.717, 1.165) is 31.3 Å². The van der Waals surface area contributed by atoms with E-state index in [0.29, 0.717) is 18.0 Å². The topological polar surface area (TPSA) is 62.3 Å². The van der Waals surface area contributed by atoms with Gasteiger partial charge in [-0.15, -0.1) is 0 Å². The summed E-state index contributed by atoms with van der Waals surface area (Å²) in [6, 6.07) is 19.4. The fraction of sp³-hybridized carbons (Fsp3) is 0.346. The Balaban J connectivity index is 1.43. The first-order valence-electron chi connectivity index (χ1n) is 10.9. The quantitative estimate of drug-likeness (QED) is 0.679. The summed E-state index contributed by atoms with van der Waals surface area (Å²) in [6.07, 6.45) is 4.81. The summed E-state index contributed by atoms with van der Waals surface area (Å²) in [7, 11) is 0. The van der Waals surface area contributed by atoms with Gasteiger partial charge >= 0.3 is 0 Å². The van der Waals surface area contributed by atoms with E-state index in [9.17, 15) is 9.59 Å². The Hall–Kier alpha value is -3.21. The van der Waals surface area contributed by atoms with Crippen molar-refractivity contribution in [1.29, 1.82) is 0 Å².